The molecule has 1 aromatic heterocycles. The predicted octanol–water partition coefficient (Wildman–Crippen LogP) is 4.54. The monoisotopic (exact) mass is 383 g/mol. The molecule has 2 aromatic rings. The fraction of sp³-hybridized carbons (Fsp3) is 0.375. The zero-order valence-electron chi connectivity index (χ0n) is 11.1. The van der Waals surface area contributed by atoms with Gasteiger partial charge in [-0.25, -0.2) is 0 Å². The molecule has 3 rings (SSSR count). The maximum Gasteiger partial charge on any atom is 0.0656 e. The minimum Gasteiger partial charge on any atom is -0.309 e. The SMILES string of the molecule is CNC(c1csc(I)c1)c1ccc2c(c1)CCCC2. The number of halogens is 1. The van der Waals surface area contributed by atoms with Crippen LogP contribution in [-0.2, 0) is 12.8 Å². The molecule has 1 aliphatic carbocycles. The zero-order valence-corrected chi connectivity index (χ0v) is 14.1. The van der Waals surface area contributed by atoms with E-state index in [1.54, 1.807) is 11.1 Å². The fourth-order valence-electron chi connectivity index (χ4n) is 2.93. The van der Waals surface area contributed by atoms with Gasteiger partial charge in [0.2, 0.25) is 0 Å². The van der Waals surface area contributed by atoms with Crippen molar-refractivity contribution < 1.29 is 0 Å². The highest BCUT2D eigenvalue weighted by atomic mass is 127. The van der Waals surface area contributed by atoms with Crippen molar-refractivity contribution in [1.82, 2.24) is 5.32 Å². The van der Waals surface area contributed by atoms with Crippen molar-refractivity contribution in [2.75, 3.05) is 7.05 Å². The molecular formula is C16H18INS. The standard InChI is InChI=1S/C16H18INS/c1-18-16(14-9-15(17)19-10-14)13-7-6-11-4-2-3-5-12(11)8-13/h6-10,16,18H,2-5H2,1H3. The number of benzene rings is 1. The van der Waals surface area contributed by atoms with Crippen molar-refractivity contribution in [1.29, 1.82) is 0 Å². The first-order valence-corrected chi connectivity index (χ1v) is 8.76. The molecule has 1 aliphatic rings. The Morgan fingerprint density at radius 1 is 1.11 bits per heavy atom. The van der Waals surface area contributed by atoms with Crippen molar-refractivity contribution in [2.24, 2.45) is 0 Å². The van der Waals surface area contributed by atoms with E-state index in [1.165, 1.54) is 39.7 Å². The molecule has 1 nitrogen and oxygen atoms in total. The zero-order chi connectivity index (χ0) is 13.2. The van der Waals surface area contributed by atoms with E-state index in [9.17, 15) is 0 Å². The van der Waals surface area contributed by atoms with E-state index < -0.39 is 0 Å². The first kappa shape index (κ1) is 13.6. The maximum absolute atomic E-state index is 3.46. The third-order valence-electron chi connectivity index (χ3n) is 3.92. The van der Waals surface area contributed by atoms with E-state index in [0.717, 1.165) is 0 Å². The van der Waals surface area contributed by atoms with Gasteiger partial charge in [0.1, 0.15) is 0 Å². The molecule has 0 aliphatic heterocycles. The Balaban J connectivity index is 1.95. The van der Waals surface area contributed by atoms with Gasteiger partial charge in [-0.2, -0.15) is 0 Å². The number of nitrogens with one attached hydrogen (secondary N) is 1. The van der Waals surface area contributed by atoms with Gasteiger partial charge in [0, 0.05) is 0 Å². The van der Waals surface area contributed by atoms with Crippen molar-refractivity contribution in [3.05, 3.63) is 54.8 Å². The molecule has 0 radical (unpaired) electrons. The Morgan fingerprint density at radius 3 is 2.58 bits per heavy atom. The summed E-state index contributed by atoms with van der Waals surface area (Å²) < 4.78 is 1.35. The van der Waals surface area contributed by atoms with E-state index in [-0.39, 0.29) is 0 Å². The lowest BCUT2D eigenvalue weighted by atomic mass is 9.88. The molecule has 1 unspecified atom stereocenters. The van der Waals surface area contributed by atoms with Gasteiger partial charge in [-0.05, 0) is 89.0 Å². The second kappa shape index (κ2) is 5.94. The van der Waals surface area contributed by atoms with Crippen LogP contribution in [0.3, 0.4) is 0 Å². The van der Waals surface area contributed by atoms with Crippen molar-refractivity contribution >= 4 is 33.9 Å². The lowest BCUT2D eigenvalue weighted by Crippen LogP contribution is -2.17. The van der Waals surface area contributed by atoms with Crippen LogP contribution in [0.2, 0.25) is 0 Å². The molecule has 0 fully saturated rings. The smallest absolute Gasteiger partial charge is 0.0656 e. The van der Waals surface area contributed by atoms with Crippen molar-refractivity contribution in [3.63, 3.8) is 0 Å². The highest BCUT2D eigenvalue weighted by molar-refractivity contribution is 14.1. The van der Waals surface area contributed by atoms with E-state index >= 15 is 0 Å². The van der Waals surface area contributed by atoms with E-state index in [1.807, 2.05) is 11.3 Å². The van der Waals surface area contributed by atoms with Crippen LogP contribution in [0.25, 0.3) is 0 Å². The van der Waals surface area contributed by atoms with E-state index in [0.29, 0.717) is 6.04 Å². The Labute approximate surface area is 132 Å². The highest BCUT2D eigenvalue weighted by Crippen LogP contribution is 2.30. The van der Waals surface area contributed by atoms with Crippen LogP contribution >= 0.6 is 33.9 Å². The van der Waals surface area contributed by atoms with Crippen LogP contribution in [-0.4, -0.2) is 7.05 Å². The normalized spacial score (nSPS) is 16.1. The maximum atomic E-state index is 3.46. The first-order chi connectivity index (χ1) is 9.28. The molecule has 1 aromatic carbocycles. The molecule has 0 amide bonds. The minimum atomic E-state index is 0.326. The average Bonchev–Trinajstić information content (AvgIpc) is 2.86. The highest BCUT2D eigenvalue weighted by Gasteiger charge is 2.16. The number of hydrogen-bond acceptors (Lipinski definition) is 2. The molecule has 1 N–H and O–H groups in total. The summed E-state index contributed by atoms with van der Waals surface area (Å²) in [7, 11) is 2.05. The summed E-state index contributed by atoms with van der Waals surface area (Å²) in [6.45, 7) is 0. The van der Waals surface area contributed by atoms with Gasteiger partial charge in [-0.15, -0.1) is 11.3 Å². The van der Waals surface area contributed by atoms with Gasteiger partial charge in [0.25, 0.3) is 0 Å². The molecule has 0 spiro atoms. The number of aryl methyl sites for hydroxylation is 2. The summed E-state index contributed by atoms with van der Waals surface area (Å²) in [6.07, 6.45) is 5.21. The van der Waals surface area contributed by atoms with Crippen LogP contribution in [0, 0.1) is 2.88 Å². The molecule has 0 saturated heterocycles. The second-order valence-electron chi connectivity index (χ2n) is 5.14. The summed E-state index contributed by atoms with van der Waals surface area (Å²) in [4.78, 5) is 0. The van der Waals surface area contributed by atoms with E-state index in [2.05, 4.69) is 64.6 Å². The predicted molar refractivity (Wildman–Crippen MR) is 91.0 cm³/mol. The van der Waals surface area contributed by atoms with Crippen molar-refractivity contribution in [2.45, 2.75) is 31.7 Å². The molecule has 19 heavy (non-hydrogen) atoms. The van der Waals surface area contributed by atoms with Gasteiger partial charge >= 0.3 is 0 Å². The molecule has 1 atom stereocenters. The summed E-state index contributed by atoms with van der Waals surface area (Å²) in [5.74, 6) is 0. The number of hydrogen-bond donors (Lipinski definition) is 1. The van der Waals surface area contributed by atoms with Gasteiger partial charge in [-0.1, -0.05) is 18.2 Å². The van der Waals surface area contributed by atoms with E-state index in [4.69, 9.17) is 0 Å². The van der Waals surface area contributed by atoms with Crippen molar-refractivity contribution in [3.8, 4) is 0 Å². The average molecular weight is 383 g/mol. The van der Waals surface area contributed by atoms with Crippen LogP contribution in [0.15, 0.2) is 29.6 Å². The fourth-order valence-corrected chi connectivity index (χ4v) is 4.33. The minimum absolute atomic E-state index is 0.326. The Bertz CT molecular complexity index is 576. The van der Waals surface area contributed by atoms with Crippen LogP contribution in [0.1, 0.15) is 41.1 Å². The molecule has 100 valence electrons. The van der Waals surface area contributed by atoms with Gasteiger partial charge in [0.15, 0.2) is 0 Å². The quantitative estimate of drug-likeness (QED) is 0.768. The van der Waals surface area contributed by atoms with Crippen LogP contribution < -0.4 is 5.32 Å². The second-order valence-corrected chi connectivity index (χ2v) is 7.95. The van der Waals surface area contributed by atoms with Crippen LogP contribution in [0.4, 0.5) is 0 Å². The molecule has 3 heteroatoms. The summed E-state index contributed by atoms with van der Waals surface area (Å²) in [5, 5.41) is 5.72. The van der Waals surface area contributed by atoms with Crippen LogP contribution in [0.5, 0.6) is 0 Å². The summed E-state index contributed by atoms with van der Waals surface area (Å²) in [5.41, 5.74) is 5.91. The summed E-state index contributed by atoms with van der Waals surface area (Å²) in [6, 6.07) is 9.67. The number of fused-ring (bicyclic) bond motifs is 1. The Hall–Kier alpha value is -0.390. The molecule has 0 bridgehead atoms. The third-order valence-corrected chi connectivity index (χ3v) is 5.72. The Kier molecular flexibility index (Phi) is 4.24. The lowest BCUT2D eigenvalue weighted by Gasteiger charge is -2.21. The molecule has 0 saturated carbocycles. The van der Waals surface area contributed by atoms with Gasteiger partial charge < -0.3 is 5.32 Å². The van der Waals surface area contributed by atoms with Gasteiger partial charge in [-0.3, -0.25) is 0 Å². The third kappa shape index (κ3) is 2.88. The lowest BCUT2D eigenvalue weighted by molar-refractivity contribution is 0.669. The largest absolute Gasteiger partial charge is 0.309 e. The Morgan fingerprint density at radius 2 is 1.89 bits per heavy atom. The van der Waals surface area contributed by atoms with Gasteiger partial charge in [0.05, 0.1) is 8.93 Å². The number of rotatable bonds is 3. The number of thiophene rings is 1. The molecule has 1 heterocycles. The summed E-state index contributed by atoms with van der Waals surface area (Å²) >= 11 is 4.21. The topological polar surface area (TPSA) is 12.0 Å². The first-order valence-electron chi connectivity index (χ1n) is 6.81. The molecular weight excluding hydrogens is 365 g/mol.